The lowest BCUT2D eigenvalue weighted by Crippen LogP contribution is -2.57. The molecule has 30 heavy (non-hydrogen) atoms. The Kier molecular flexibility index (Phi) is 5.76. The Balaban J connectivity index is 1.56. The smallest absolute Gasteiger partial charge is 0.263 e. The molecule has 8 heteroatoms. The van der Waals surface area contributed by atoms with Crippen LogP contribution in [0.15, 0.2) is 47.8 Å². The van der Waals surface area contributed by atoms with E-state index in [9.17, 15) is 14.4 Å². The summed E-state index contributed by atoms with van der Waals surface area (Å²) < 4.78 is 0. The number of carbonyl (C=O) groups is 3. The van der Waals surface area contributed by atoms with Crippen LogP contribution in [0.3, 0.4) is 0 Å². The van der Waals surface area contributed by atoms with Gasteiger partial charge in [-0.2, -0.15) is 0 Å². The second-order valence-corrected chi connectivity index (χ2v) is 8.61. The van der Waals surface area contributed by atoms with Gasteiger partial charge >= 0.3 is 0 Å². The summed E-state index contributed by atoms with van der Waals surface area (Å²) in [6.07, 6.45) is 1.09. The Morgan fingerprint density at radius 3 is 2.47 bits per heavy atom. The lowest BCUT2D eigenvalue weighted by molar-refractivity contribution is -0.137. The average molecular weight is 427 g/mol. The van der Waals surface area contributed by atoms with Crippen LogP contribution in [-0.4, -0.2) is 65.9 Å². The number of likely N-dealkylation sites (N-methyl/N-ethyl adjacent to an activating group) is 1. The molecule has 2 saturated heterocycles. The van der Waals surface area contributed by atoms with Crippen LogP contribution in [0.5, 0.6) is 0 Å². The normalized spacial score (nSPS) is 18.2. The average Bonchev–Trinajstić information content (AvgIpc) is 3.39. The molecule has 1 N–H and O–H groups in total. The summed E-state index contributed by atoms with van der Waals surface area (Å²) in [5.74, 6) is -0.155. The van der Waals surface area contributed by atoms with Crippen molar-refractivity contribution in [3.63, 3.8) is 0 Å². The maximum atomic E-state index is 13.5. The fraction of sp³-hybridized carbons (Fsp3) is 0.409. The maximum Gasteiger partial charge on any atom is 0.263 e. The Bertz CT molecular complexity index is 908. The first kappa shape index (κ1) is 20.4. The molecule has 0 bridgehead atoms. The van der Waals surface area contributed by atoms with E-state index in [2.05, 4.69) is 10.2 Å². The van der Waals surface area contributed by atoms with E-state index >= 15 is 0 Å². The summed E-state index contributed by atoms with van der Waals surface area (Å²) >= 11 is 1.44. The van der Waals surface area contributed by atoms with Gasteiger partial charge in [0.05, 0.1) is 11.5 Å². The third kappa shape index (κ3) is 3.67. The fourth-order valence-electron chi connectivity index (χ4n) is 4.38. The molecule has 1 aromatic carbocycles. The topological polar surface area (TPSA) is 73.0 Å². The summed E-state index contributed by atoms with van der Waals surface area (Å²) in [6, 6.07) is 13.6. The van der Waals surface area contributed by atoms with Crippen molar-refractivity contribution in [2.45, 2.75) is 25.3 Å². The summed E-state index contributed by atoms with van der Waals surface area (Å²) in [5, 5.41) is 4.67. The lowest BCUT2D eigenvalue weighted by Gasteiger charge is -2.43. The lowest BCUT2D eigenvalue weighted by atomic mass is 9.85. The number of thiophene rings is 1. The number of rotatable bonds is 5. The minimum Gasteiger partial charge on any atom is -0.355 e. The molecule has 7 nitrogen and oxygen atoms in total. The molecule has 2 aliphatic rings. The number of piperidine rings is 1. The van der Waals surface area contributed by atoms with Crippen LogP contribution in [0.2, 0.25) is 0 Å². The van der Waals surface area contributed by atoms with Crippen LogP contribution in [0.1, 0.15) is 29.4 Å². The van der Waals surface area contributed by atoms with Gasteiger partial charge in [-0.1, -0.05) is 24.3 Å². The zero-order valence-electron chi connectivity index (χ0n) is 17.0. The van der Waals surface area contributed by atoms with Gasteiger partial charge in [0, 0.05) is 25.3 Å². The van der Waals surface area contributed by atoms with Crippen molar-refractivity contribution in [3.8, 4) is 0 Å². The number of likely N-dealkylation sites (tertiary alicyclic amines) is 1. The number of carbonyl (C=O) groups excluding carboxylic acids is 3. The van der Waals surface area contributed by atoms with Crippen LogP contribution in [0.25, 0.3) is 0 Å². The molecular formula is C22H26N4O3S. The number of amides is 3. The monoisotopic (exact) mass is 426 g/mol. The van der Waals surface area contributed by atoms with Gasteiger partial charge in [-0.15, -0.1) is 11.3 Å². The van der Waals surface area contributed by atoms with Crippen molar-refractivity contribution in [2.75, 3.05) is 37.7 Å². The molecule has 1 spiro atoms. The molecule has 2 aromatic rings. The minimum atomic E-state index is -0.722. The van der Waals surface area contributed by atoms with Crippen LogP contribution in [0.4, 0.5) is 5.69 Å². The number of hydrogen-bond donors (Lipinski definition) is 1. The predicted molar refractivity (Wildman–Crippen MR) is 116 cm³/mol. The zero-order chi connectivity index (χ0) is 21.1. The van der Waals surface area contributed by atoms with Crippen molar-refractivity contribution in [1.82, 2.24) is 15.1 Å². The number of hydrogen-bond acceptors (Lipinski definition) is 5. The molecule has 2 aliphatic heterocycles. The first-order chi connectivity index (χ1) is 14.5. The van der Waals surface area contributed by atoms with E-state index in [0.717, 1.165) is 10.6 Å². The van der Waals surface area contributed by atoms with E-state index < -0.39 is 5.54 Å². The van der Waals surface area contributed by atoms with Crippen molar-refractivity contribution < 1.29 is 14.4 Å². The molecular weight excluding hydrogens is 400 g/mol. The van der Waals surface area contributed by atoms with Gasteiger partial charge in [0.15, 0.2) is 0 Å². The molecule has 3 heterocycles. The Hall–Kier alpha value is -2.87. The maximum absolute atomic E-state index is 13.5. The zero-order valence-corrected chi connectivity index (χ0v) is 17.9. The van der Waals surface area contributed by atoms with Crippen molar-refractivity contribution in [1.29, 1.82) is 0 Å². The van der Waals surface area contributed by atoms with Gasteiger partial charge < -0.3 is 20.0 Å². The van der Waals surface area contributed by atoms with Crippen molar-refractivity contribution >= 4 is 34.7 Å². The molecule has 3 amide bonds. The van der Waals surface area contributed by atoms with E-state index in [0.29, 0.717) is 39.1 Å². The fourth-order valence-corrected chi connectivity index (χ4v) is 5.08. The summed E-state index contributed by atoms with van der Waals surface area (Å²) in [6.45, 7) is 3.85. The largest absolute Gasteiger partial charge is 0.355 e. The number of nitrogens with one attached hydrogen (secondary N) is 1. The molecule has 0 atom stereocenters. The molecule has 158 valence electrons. The molecule has 2 fully saturated rings. The van der Waals surface area contributed by atoms with Crippen molar-refractivity contribution in [3.05, 3.63) is 52.7 Å². The molecule has 4 rings (SSSR count). The van der Waals surface area contributed by atoms with E-state index in [1.165, 1.54) is 11.3 Å². The first-order valence-electron chi connectivity index (χ1n) is 10.3. The van der Waals surface area contributed by atoms with E-state index in [-0.39, 0.29) is 24.3 Å². The third-order valence-electron chi connectivity index (χ3n) is 5.90. The van der Waals surface area contributed by atoms with E-state index in [1.54, 1.807) is 4.90 Å². The number of para-hydroxylation sites is 1. The number of benzene rings is 1. The summed E-state index contributed by atoms with van der Waals surface area (Å²) in [5.41, 5.74) is 0.238. The highest BCUT2D eigenvalue weighted by Crippen LogP contribution is 2.39. The van der Waals surface area contributed by atoms with Crippen LogP contribution >= 0.6 is 11.3 Å². The second-order valence-electron chi connectivity index (χ2n) is 7.66. The van der Waals surface area contributed by atoms with Gasteiger partial charge in [0.1, 0.15) is 12.1 Å². The highest BCUT2D eigenvalue weighted by molar-refractivity contribution is 7.12. The van der Waals surface area contributed by atoms with Gasteiger partial charge in [-0.05, 0) is 43.3 Å². The number of anilines is 1. The van der Waals surface area contributed by atoms with Crippen molar-refractivity contribution in [2.24, 2.45) is 0 Å². The number of nitrogens with zero attached hydrogens (tertiary/aromatic N) is 3. The predicted octanol–water partition coefficient (Wildman–Crippen LogP) is 2.17. The highest BCUT2D eigenvalue weighted by atomic mass is 32.1. The quantitative estimate of drug-likeness (QED) is 0.795. The molecule has 0 unspecified atom stereocenters. The van der Waals surface area contributed by atoms with Gasteiger partial charge in [0.2, 0.25) is 5.91 Å². The van der Waals surface area contributed by atoms with E-state index in [1.807, 2.05) is 59.7 Å². The summed E-state index contributed by atoms with van der Waals surface area (Å²) in [4.78, 5) is 44.7. The Labute approximate surface area is 180 Å². The molecule has 0 aliphatic carbocycles. The third-order valence-corrected chi connectivity index (χ3v) is 6.76. The molecule has 0 saturated carbocycles. The van der Waals surface area contributed by atoms with Crippen LogP contribution in [0, 0.1) is 0 Å². The first-order valence-corrected chi connectivity index (χ1v) is 11.1. The standard InChI is InChI=1S/C22H26N4O3S/c1-2-23-19(27)15-25-16-26(17-7-4-3-5-8-17)22(21(25)29)10-12-24(13-11-22)20(28)18-9-6-14-30-18/h3-9,14H,2,10-13,15-16H2,1H3,(H,23,27). The Morgan fingerprint density at radius 1 is 1.10 bits per heavy atom. The molecule has 0 radical (unpaired) electrons. The minimum absolute atomic E-state index is 0.0238. The second kappa shape index (κ2) is 8.47. The van der Waals surface area contributed by atoms with E-state index in [4.69, 9.17) is 0 Å². The van der Waals surface area contributed by atoms with Gasteiger partial charge in [-0.3, -0.25) is 14.4 Å². The Morgan fingerprint density at radius 2 is 1.83 bits per heavy atom. The summed E-state index contributed by atoms with van der Waals surface area (Å²) in [7, 11) is 0. The SMILES string of the molecule is CCNC(=O)CN1CN(c2ccccc2)C2(CCN(C(=O)c3cccs3)CC2)C1=O. The highest BCUT2D eigenvalue weighted by Gasteiger charge is 2.54. The van der Waals surface area contributed by atoms with Gasteiger partial charge in [-0.25, -0.2) is 0 Å². The van der Waals surface area contributed by atoms with Crippen LogP contribution in [-0.2, 0) is 9.59 Å². The molecule has 1 aromatic heterocycles. The van der Waals surface area contributed by atoms with Gasteiger partial charge in [0.25, 0.3) is 11.8 Å². The van der Waals surface area contributed by atoms with Crippen LogP contribution < -0.4 is 10.2 Å².